The molecule has 4 fully saturated rings. The van der Waals surface area contributed by atoms with Gasteiger partial charge in [-0.05, 0) is 79.1 Å². The molecule has 4 saturated carbocycles. The monoisotopic (exact) mass is 774 g/mol. The van der Waals surface area contributed by atoms with Crippen molar-refractivity contribution in [3.63, 3.8) is 0 Å². The molecule has 1 heteroatoms. The molecule has 0 aliphatic heterocycles. The van der Waals surface area contributed by atoms with E-state index in [1.165, 1.54) is 83.9 Å². The average molecular weight is 776 g/mol. The summed E-state index contributed by atoms with van der Waals surface area (Å²) in [6.07, 6.45) is 17.8. The zero-order valence-corrected chi connectivity index (χ0v) is 36.2. The van der Waals surface area contributed by atoms with Gasteiger partial charge in [0.2, 0.25) is 0 Å². The molecule has 6 aliphatic rings. The first-order chi connectivity index (χ1) is 25.2. The number of hydrogen-bond acceptors (Lipinski definition) is 0. The molecule has 0 N–H and O–H groups in total. The maximum absolute atomic E-state index is 3.57. The van der Waals surface area contributed by atoms with E-state index in [9.17, 15) is 0 Å². The summed E-state index contributed by atoms with van der Waals surface area (Å²) in [5.74, 6) is 3.82. The molecule has 0 radical (unpaired) electrons. The van der Waals surface area contributed by atoms with Gasteiger partial charge in [0.25, 0.3) is 0 Å². The van der Waals surface area contributed by atoms with Crippen molar-refractivity contribution in [3.05, 3.63) is 154 Å². The van der Waals surface area contributed by atoms with Gasteiger partial charge in [-0.25, -0.2) is 5.57 Å². The van der Waals surface area contributed by atoms with Gasteiger partial charge in [0, 0.05) is 0 Å². The van der Waals surface area contributed by atoms with Crippen LogP contribution in [0.4, 0.5) is 0 Å². The second-order valence-corrected chi connectivity index (χ2v) is 20.5. The number of benzene rings is 4. The first-order valence-electron chi connectivity index (χ1n) is 20.4. The van der Waals surface area contributed by atoms with Crippen LogP contribution in [0.2, 0.25) is 0 Å². The van der Waals surface area contributed by atoms with Crippen molar-refractivity contribution >= 4 is 3.21 Å². The molecular weight excluding hydrogens is 716 g/mol. The molecule has 53 heavy (non-hydrogen) atoms. The van der Waals surface area contributed by atoms with E-state index in [-0.39, 0.29) is 10.8 Å². The summed E-state index contributed by atoms with van der Waals surface area (Å²) in [5, 5.41) is 0. The predicted octanol–water partition coefficient (Wildman–Crippen LogP) is 13.4. The van der Waals surface area contributed by atoms with Crippen LogP contribution in [0.25, 0.3) is 11.1 Å². The molecule has 1 unspecified atom stereocenters. The van der Waals surface area contributed by atoms with Gasteiger partial charge in [-0.1, -0.05) is 102 Å². The molecule has 0 nitrogen and oxygen atoms in total. The zero-order valence-electron chi connectivity index (χ0n) is 33.7. The fourth-order valence-corrected chi connectivity index (χ4v) is 11.2. The first-order valence-corrected chi connectivity index (χ1v) is 21.6. The molecule has 4 aromatic rings. The van der Waals surface area contributed by atoms with Crippen molar-refractivity contribution in [2.45, 2.75) is 118 Å². The summed E-state index contributed by atoms with van der Waals surface area (Å²) in [6.45, 7) is 18.2. The standard InChI is InChI=1S/C21H25.C18H25.C13H10.Zr/c1-20(2,3)16-9-7-14-11-15-8-10-17(21(4,5)6)13-19(15)18(14)12-16;1-12-3-13(2)17(4-12)11-18-8-14-5-15(9-18)7-16(6-14)10-18;1-3-7-12(8-4-1)11-13-9-5-2-6-10-13;/h7,9-10,12-13H,11H2,1-6H3;4,12,14-16H,5-11H2,1-2H3;1-10H;/q2*-1;;+2. The molecule has 4 bridgehead atoms. The Kier molecular flexibility index (Phi) is 11.1. The molecule has 10 rings (SSSR count). The Labute approximate surface area is 336 Å². The molecule has 0 amide bonds. The number of hydrogen-bond donors (Lipinski definition) is 0. The van der Waals surface area contributed by atoms with Gasteiger partial charge in [0.15, 0.2) is 0 Å². The Balaban J connectivity index is 0.000000126. The van der Waals surface area contributed by atoms with Crippen LogP contribution in [0.5, 0.6) is 0 Å². The summed E-state index contributed by atoms with van der Waals surface area (Å²) in [4.78, 5) is 0. The zero-order chi connectivity index (χ0) is 37.5. The molecule has 4 aromatic carbocycles. The van der Waals surface area contributed by atoms with Gasteiger partial charge in [0.05, 0.1) is 0 Å². The summed E-state index contributed by atoms with van der Waals surface area (Å²) < 4.78 is 1.42. The van der Waals surface area contributed by atoms with Gasteiger partial charge in [-0.2, -0.15) is 41.0 Å². The number of allylic oxidation sites excluding steroid dienone is 4. The van der Waals surface area contributed by atoms with Crippen molar-refractivity contribution in [1.82, 2.24) is 0 Å². The van der Waals surface area contributed by atoms with Crippen LogP contribution in [-0.4, -0.2) is 3.21 Å². The van der Waals surface area contributed by atoms with Crippen molar-refractivity contribution in [2.24, 2.45) is 29.1 Å². The molecule has 0 spiro atoms. The van der Waals surface area contributed by atoms with Gasteiger partial charge in [-0.15, -0.1) is 5.56 Å². The molecule has 6 aliphatic carbocycles. The topological polar surface area (TPSA) is 0 Å². The molecule has 0 aromatic heterocycles. The van der Waals surface area contributed by atoms with Crippen molar-refractivity contribution in [3.8, 4) is 11.1 Å². The Morgan fingerprint density at radius 3 is 1.74 bits per heavy atom. The van der Waals surface area contributed by atoms with E-state index in [1.807, 2.05) is 0 Å². The maximum atomic E-state index is 3.57. The van der Waals surface area contributed by atoms with Crippen LogP contribution < -0.4 is 0 Å². The predicted molar refractivity (Wildman–Crippen MR) is 222 cm³/mol. The average Bonchev–Trinajstić information content (AvgIpc) is 3.64. The van der Waals surface area contributed by atoms with Gasteiger partial charge >= 0.3 is 99.2 Å². The SMILES string of the molecule is CC(C)(C)c1c[c-]c2c(c1)-c1cc(C(C)(C)C)ccc1C2.CC1=[C-]C(C)C=C1CC12CC3CC(CC(C3)C1)C2.[Zr+2]=[C](c1ccccc1)c1ccccc1. The Bertz CT molecular complexity index is 1850. The van der Waals surface area contributed by atoms with E-state index in [0.717, 1.165) is 24.2 Å². The van der Waals surface area contributed by atoms with Crippen molar-refractivity contribution in [1.29, 1.82) is 0 Å². The first kappa shape index (κ1) is 38.4. The third kappa shape index (κ3) is 8.83. The quantitative estimate of drug-likeness (QED) is 0.160. The third-order valence-corrected chi connectivity index (χ3v) is 14.2. The molecule has 0 heterocycles. The van der Waals surface area contributed by atoms with Crippen LogP contribution in [-0.2, 0) is 41.5 Å². The Morgan fingerprint density at radius 1 is 0.717 bits per heavy atom. The van der Waals surface area contributed by atoms with Crippen molar-refractivity contribution in [2.75, 3.05) is 0 Å². The minimum atomic E-state index is 0.177. The van der Waals surface area contributed by atoms with Crippen molar-refractivity contribution < 1.29 is 24.2 Å². The van der Waals surface area contributed by atoms with Crippen LogP contribution in [0.15, 0.2) is 108 Å². The van der Waals surface area contributed by atoms with Crippen LogP contribution in [0.3, 0.4) is 0 Å². The Hall–Kier alpha value is -2.89. The second-order valence-electron chi connectivity index (χ2n) is 19.3. The van der Waals surface area contributed by atoms with Gasteiger partial charge in [0.1, 0.15) is 0 Å². The van der Waals surface area contributed by atoms with Crippen LogP contribution in [0, 0.1) is 41.2 Å². The van der Waals surface area contributed by atoms with Gasteiger partial charge < -0.3 is 0 Å². The number of rotatable bonds is 4. The van der Waals surface area contributed by atoms with E-state index >= 15 is 0 Å². The molecule has 272 valence electrons. The normalized spacial score (nSPS) is 24.9. The summed E-state index contributed by atoms with van der Waals surface area (Å²) in [7, 11) is 0. The van der Waals surface area contributed by atoms with Gasteiger partial charge in [-0.3, -0.25) is 6.08 Å². The molecule has 0 saturated heterocycles. The molecule has 1 atom stereocenters. The van der Waals surface area contributed by atoms with Crippen LogP contribution in [0.1, 0.15) is 134 Å². The third-order valence-electron chi connectivity index (χ3n) is 12.8. The van der Waals surface area contributed by atoms with E-state index in [0.29, 0.717) is 11.3 Å². The van der Waals surface area contributed by atoms with E-state index in [1.54, 1.807) is 44.1 Å². The molecular formula is C52H60Zr. The summed E-state index contributed by atoms with van der Waals surface area (Å²) in [6, 6.07) is 36.2. The van der Waals surface area contributed by atoms with Crippen LogP contribution >= 0.6 is 0 Å². The summed E-state index contributed by atoms with van der Waals surface area (Å²) in [5.41, 5.74) is 15.2. The fraction of sp³-hybridized carbons (Fsp3) is 0.442. The second kappa shape index (κ2) is 15.3. The van der Waals surface area contributed by atoms with E-state index in [4.69, 9.17) is 0 Å². The minimum absolute atomic E-state index is 0.177. The fourth-order valence-electron chi connectivity index (χ4n) is 10.4. The van der Waals surface area contributed by atoms with E-state index in [2.05, 4.69) is 165 Å². The van der Waals surface area contributed by atoms with E-state index < -0.39 is 0 Å². The summed E-state index contributed by atoms with van der Waals surface area (Å²) >= 11 is 1.46. The Morgan fingerprint density at radius 2 is 1.25 bits per heavy atom. The number of fused-ring (bicyclic) bond motifs is 3.